The van der Waals surface area contributed by atoms with Crippen molar-refractivity contribution in [2.75, 3.05) is 13.1 Å². The molecule has 1 saturated heterocycles. The molecule has 5 nitrogen and oxygen atoms in total. The van der Waals surface area contributed by atoms with Crippen molar-refractivity contribution in [2.24, 2.45) is 11.7 Å². The fourth-order valence-electron chi connectivity index (χ4n) is 3.04. The highest BCUT2D eigenvalue weighted by molar-refractivity contribution is 6.30. The van der Waals surface area contributed by atoms with Crippen LogP contribution in [-0.4, -0.2) is 34.3 Å². The molecule has 1 aliphatic rings. The fraction of sp³-hybridized carbons (Fsp3) is 0.562. The van der Waals surface area contributed by atoms with Gasteiger partial charge in [0.1, 0.15) is 5.72 Å². The van der Waals surface area contributed by atoms with Crippen molar-refractivity contribution in [1.29, 1.82) is 0 Å². The molecule has 0 aromatic heterocycles. The molecule has 6 heteroatoms. The Morgan fingerprint density at radius 3 is 2.95 bits per heavy atom. The number of rotatable bonds is 5. The maximum Gasteiger partial charge on any atom is 0.407 e. The minimum absolute atomic E-state index is 0.347. The van der Waals surface area contributed by atoms with Crippen LogP contribution in [0.5, 0.6) is 0 Å². The summed E-state index contributed by atoms with van der Waals surface area (Å²) in [4.78, 5) is 12.5. The van der Waals surface area contributed by atoms with Crippen LogP contribution in [-0.2, 0) is 5.72 Å². The summed E-state index contributed by atoms with van der Waals surface area (Å²) >= 11 is 5.92. The second kappa shape index (κ2) is 7.31. The molecule has 0 saturated carbocycles. The summed E-state index contributed by atoms with van der Waals surface area (Å²) in [5.41, 5.74) is 5.20. The molecule has 2 unspecified atom stereocenters. The van der Waals surface area contributed by atoms with E-state index in [-0.39, 0.29) is 0 Å². The van der Waals surface area contributed by atoms with E-state index in [2.05, 4.69) is 0 Å². The van der Waals surface area contributed by atoms with Gasteiger partial charge in [-0.3, -0.25) is 5.73 Å². The third-order valence-corrected chi connectivity index (χ3v) is 4.52. The maximum absolute atomic E-state index is 11.0. The van der Waals surface area contributed by atoms with Gasteiger partial charge in [-0.2, -0.15) is 0 Å². The molecule has 4 N–H and O–H groups in total. The lowest BCUT2D eigenvalue weighted by molar-refractivity contribution is 0.0290. The third kappa shape index (κ3) is 4.60. The number of carboxylic acid groups (broad SMARTS) is 1. The van der Waals surface area contributed by atoms with Crippen molar-refractivity contribution in [3.63, 3.8) is 0 Å². The minimum Gasteiger partial charge on any atom is -0.465 e. The van der Waals surface area contributed by atoms with E-state index >= 15 is 0 Å². The molecule has 1 aromatic rings. The van der Waals surface area contributed by atoms with Crippen molar-refractivity contribution in [2.45, 2.75) is 37.8 Å². The molecule has 1 amide bonds. The topological polar surface area (TPSA) is 86.8 Å². The lowest BCUT2D eigenvalue weighted by atomic mass is 9.90. The standard InChI is InChI=1S/C16H23ClN2O3/c17-14-7-1-6-13(10-14)16(18,22)8-2-4-12-5-3-9-19(11-12)15(20)21/h1,6-7,10,12,22H,2-5,8-9,11,18H2,(H,20,21). The first-order valence-electron chi connectivity index (χ1n) is 7.63. The Bertz CT molecular complexity index is 522. The van der Waals surface area contributed by atoms with Gasteiger partial charge in [-0.25, -0.2) is 4.79 Å². The van der Waals surface area contributed by atoms with Crippen LogP contribution in [0.1, 0.15) is 37.7 Å². The van der Waals surface area contributed by atoms with E-state index in [0.29, 0.717) is 36.0 Å². The van der Waals surface area contributed by atoms with Crippen LogP contribution < -0.4 is 5.73 Å². The van der Waals surface area contributed by atoms with Crippen LogP contribution in [0.3, 0.4) is 0 Å². The van der Waals surface area contributed by atoms with Gasteiger partial charge in [0.15, 0.2) is 0 Å². The molecule has 0 aliphatic carbocycles. The van der Waals surface area contributed by atoms with Crippen LogP contribution in [0.15, 0.2) is 24.3 Å². The van der Waals surface area contributed by atoms with Gasteiger partial charge in [-0.05, 0) is 55.7 Å². The average molecular weight is 327 g/mol. The normalized spacial score (nSPS) is 21.4. The number of benzene rings is 1. The van der Waals surface area contributed by atoms with Gasteiger partial charge >= 0.3 is 6.09 Å². The Balaban J connectivity index is 1.83. The first-order chi connectivity index (χ1) is 10.4. The Labute approximate surface area is 135 Å². The molecule has 1 fully saturated rings. The summed E-state index contributed by atoms with van der Waals surface area (Å²) in [5, 5.41) is 20.0. The van der Waals surface area contributed by atoms with E-state index in [4.69, 9.17) is 22.4 Å². The number of carbonyl (C=O) groups is 1. The van der Waals surface area contributed by atoms with E-state index in [1.54, 1.807) is 24.3 Å². The van der Waals surface area contributed by atoms with Crippen LogP contribution >= 0.6 is 11.6 Å². The second-order valence-electron chi connectivity index (χ2n) is 6.06. The smallest absolute Gasteiger partial charge is 0.407 e. The molecule has 22 heavy (non-hydrogen) atoms. The van der Waals surface area contributed by atoms with Crippen molar-refractivity contribution in [1.82, 2.24) is 4.90 Å². The monoisotopic (exact) mass is 326 g/mol. The summed E-state index contributed by atoms with van der Waals surface area (Å²) in [6, 6.07) is 6.94. The van der Waals surface area contributed by atoms with Crippen LogP contribution in [0.25, 0.3) is 0 Å². The Morgan fingerprint density at radius 2 is 2.27 bits per heavy atom. The lowest BCUT2D eigenvalue weighted by Gasteiger charge is -2.31. The summed E-state index contributed by atoms with van der Waals surface area (Å²) in [6.07, 6.45) is 3.12. The van der Waals surface area contributed by atoms with Crippen LogP contribution in [0.2, 0.25) is 5.02 Å². The van der Waals surface area contributed by atoms with Gasteiger partial charge in [0.05, 0.1) is 0 Å². The highest BCUT2D eigenvalue weighted by Crippen LogP contribution is 2.27. The second-order valence-corrected chi connectivity index (χ2v) is 6.50. The number of hydrogen-bond acceptors (Lipinski definition) is 3. The van der Waals surface area contributed by atoms with Crippen LogP contribution in [0, 0.1) is 5.92 Å². The van der Waals surface area contributed by atoms with Gasteiger partial charge in [-0.1, -0.05) is 23.7 Å². The first-order valence-corrected chi connectivity index (χ1v) is 8.01. The number of nitrogens with two attached hydrogens (primary N) is 1. The third-order valence-electron chi connectivity index (χ3n) is 4.28. The molecule has 2 rings (SSSR count). The first kappa shape index (κ1) is 17.1. The molecule has 0 bridgehead atoms. The maximum atomic E-state index is 11.0. The van der Waals surface area contributed by atoms with Gasteiger partial charge < -0.3 is 15.1 Å². The molecule has 2 atom stereocenters. The summed E-state index contributed by atoms with van der Waals surface area (Å²) in [5.74, 6) is 0.347. The van der Waals surface area contributed by atoms with Gasteiger partial charge in [0.25, 0.3) is 0 Å². The van der Waals surface area contributed by atoms with Crippen LogP contribution in [0.4, 0.5) is 4.79 Å². The van der Waals surface area contributed by atoms with Crippen molar-refractivity contribution >= 4 is 17.7 Å². The number of amides is 1. The summed E-state index contributed by atoms with van der Waals surface area (Å²) in [6.45, 7) is 1.20. The summed E-state index contributed by atoms with van der Waals surface area (Å²) in [7, 11) is 0. The van der Waals surface area contributed by atoms with E-state index < -0.39 is 11.8 Å². The zero-order valence-corrected chi connectivity index (χ0v) is 13.3. The van der Waals surface area contributed by atoms with E-state index in [1.165, 1.54) is 4.90 Å². The Kier molecular flexibility index (Phi) is 5.67. The predicted octanol–water partition coefficient (Wildman–Crippen LogP) is 3.00. The largest absolute Gasteiger partial charge is 0.465 e. The quantitative estimate of drug-likeness (QED) is 0.726. The van der Waals surface area contributed by atoms with E-state index in [0.717, 1.165) is 25.7 Å². The highest BCUT2D eigenvalue weighted by Gasteiger charge is 2.26. The Hall–Kier alpha value is -1.30. The minimum atomic E-state index is -1.40. The predicted molar refractivity (Wildman–Crippen MR) is 85.7 cm³/mol. The van der Waals surface area contributed by atoms with Gasteiger partial charge in [-0.15, -0.1) is 0 Å². The number of piperidine rings is 1. The number of nitrogens with zero attached hydrogens (tertiary/aromatic N) is 1. The molecule has 0 radical (unpaired) electrons. The molecule has 1 heterocycles. The molecular weight excluding hydrogens is 304 g/mol. The van der Waals surface area contributed by atoms with E-state index in [9.17, 15) is 9.90 Å². The lowest BCUT2D eigenvalue weighted by Crippen LogP contribution is -2.39. The highest BCUT2D eigenvalue weighted by atomic mass is 35.5. The van der Waals surface area contributed by atoms with Gasteiger partial charge in [0.2, 0.25) is 0 Å². The zero-order chi connectivity index (χ0) is 16.2. The Morgan fingerprint density at radius 1 is 1.50 bits per heavy atom. The van der Waals surface area contributed by atoms with Crippen molar-refractivity contribution in [3.05, 3.63) is 34.9 Å². The van der Waals surface area contributed by atoms with Crippen molar-refractivity contribution < 1.29 is 15.0 Å². The molecule has 1 aromatic carbocycles. The molecule has 0 spiro atoms. The number of aliphatic hydroxyl groups is 1. The van der Waals surface area contributed by atoms with Gasteiger partial charge in [0, 0.05) is 18.1 Å². The van der Waals surface area contributed by atoms with Crippen molar-refractivity contribution in [3.8, 4) is 0 Å². The average Bonchev–Trinajstić information content (AvgIpc) is 2.47. The van der Waals surface area contributed by atoms with E-state index in [1.807, 2.05) is 0 Å². The number of halogens is 1. The molecule has 1 aliphatic heterocycles. The summed E-state index contributed by atoms with van der Waals surface area (Å²) < 4.78 is 0. The number of likely N-dealkylation sites (tertiary alicyclic amines) is 1. The number of hydrogen-bond donors (Lipinski definition) is 3. The zero-order valence-electron chi connectivity index (χ0n) is 12.5. The molecule has 122 valence electrons. The SMILES string of the molecule is NC(O)(CCCC1CCCN(C(=O)O)C1)c1cccc(Cl)c1. The molecular formula is C16H23ClN2O3. The fourth-order valence-corrected chi connectivity index (χ4v) is 3.23.